The van der Waals surface area contributed by atoms with Crippen molar-refractivity contribution in [2.45, 2.75) is 19.0 Å². The number of aromatic nitrogens is 3. The number of pyridine rings is 1. The quantitative estimate of drug-likeness (QED) is 0.319. The van der Waals surface area contributed by atoms with E-state index in [-0.39, 0.29) is 11.3 Å². The van der Waals surface area contributed by atoms with Gasteiger partial charge < -0.3 is 19.2 Å². The number of amides is 1. The number of fused-ring (bicyclic) bond motifs is 1. The second kappa shape index (κ2) is 8.86. The summed E-state index contributed by atoms with van der Waals surface area (Å²) in [5.41, 5.74) is 0.927. The lowest BCUT2D eigenvalue weighted by atomic mass is 9.95. The Morgan fingerprint density at radius 2 is 2.12 bits per heavy atom. The molecule has 0 bridgehead atoms. The van der Waals surface area contributed by atoms with Gasteiger partial charge in [-0.15, -0.1) is 0 Å². The molecule has 4 heterocycles. The normalized spacial score (nSPS) is 16.0. The Balaban J connectivity index is 1.50. The molecule has 0 aliphatic carbocycles. The summed E-state index contributed by atoms with van der Waals surface area (Å²) >= 11 is 0. The minimum absolute atomic E-state index is 0.0144. The second-order valence-electron chi connectivity index (χ2n) is 7.95. The molecule has 9 heteroatoms. The van der Waals surface area contributed by atoms with Crippen molar-refractivity contribution >= 4 is 22.7 Å². The Hall–Kier alpha value is -4.40. The number of aryl methyl sites for hydroxylation is 1. The predicted octanol–water partition coefficient (Wildman–Crippen LogP) is 1.92. The van der Waals surface area contributed by atoms with Crippen molar-refractivity contribution < 1.29 is 28.4 Å². The molecule has 0 saturated heterocycles. The molecule has 5 rings (SSSR count). The van der Waals surface area contributed by atoms with Crippen molar-refractivity contribution in [3.63, 3.8) is 0 Å². The molecule has 9 nitrogen and oxygen atoms in total. The summed E-state index contributed by atoms with van der Waals surface area (Å²) in [6.45, 7) is 0.956. The second-order valence-corrected chi connectivity index (χ2v) is 7.95. The fraction of sp³-hybridized carbons (Fsp3) is 0.200. The standard InChI is InChI=1S/C25H22N4O5/c1-33-18-5-2-4-17-14-19(34-24(17)18)22(30)20-21(16-6-8-26-9-7-16)29(25(32)23(20)31)12-3-11-28-13-10-27-15-28/h2,4-10,13-15,21H,3,11-12H2,1H3,(H,30,31). The molecule has 0 saturated carbocycles. The highest BCUT2D eigenvalue weighted by Gasteiger charge is 2.40. The Labute approximate surface area is 194 Å². The van der Waals surface area contributed by atoms with Crippen molar-refractivity contribution in [2.24, 2.45) is 0 Å². The highest BCUT2D eigenvalue weighted by Crippen LogP contribution is 2.39. The number of rotatable bonds is 8. The van der Waals surface area contributed by atoms with Gasteiger partial charge in [0.05, 0.1) is 19.7 Å². The lowest BCUT2D eigenvalue weighted by Crippen LogP contribution is -2.37. The molecule has 0 fully saturated rings. The van der Waals surface area contributed by atoms with Crippen molar-refractivity contribution in [2.75, 3.05) is 13.7 Å². The van der Waals surface area contributed by atoms with Crippen LogP contribution in [0.25, 0.3) is 11.0 Å². The predicted molar refractivity (Wildman–Crippen MR) is 118 cm³/mol. The highest BCUT2D eigenvalue weighted by atomic mass is 16.5. The number of furan rings is 1. The van der Waals surface area contributed by atoms with Crippen molar-refractivity contribution in [3.05, 3.63) is 90.2 Å². The number of carbonyl (C=O) groups is 2. The minimum atomic E-state index is -0.818. The van der Waals surface area contributed by atoms with Gasteiger partial charge in [0.2, 0.25) is 18.0 Å². The van der Waals surface area contributed by atoms with Crippen LogP contribution < -0.4 is 14.4 Å². The molecular weight excluding hydrogens is 436 g/mol. The number of carbonyl (C=O) groups excluding carboxylic acids is 2. The number of ether oxygens (including phenoxy) is 1. The van der Waals surface area contributed by atoms with Crippen molar-refractivity contribution in [1.29, 1.82) is 0 Å². The van der Waals surface area contributed by atoms with E-state index in [1.54, 1.807) is 55.0 Å². The summed E-state index contributed by atoms with van der Waals surface area (Å²) in [5, 5.41) is 13.8. The van der Waals surface area contributed by atoms with Crippen LogP contribution in [0.1, 0.15) is 28.6 Å². The topological polar surface area (TPSA) is 115 Å². The van der Waals surface area contributed by atoms with Crippen LogP contribution in [-0.4, -0.2) is 40.2 Å². The first kappa shape index (κ1) is 21.4. The highest BCUT2D eigenvalue weighted by molar-refractivity contribution is 6.15. The third kappa shape index (κ3) is 3.71. The summed E-state index contributed by atoms with van der Waals surface area (Å²) in [6, 6.07) is 9.46. The Bertz CT molecular complexity index is 1380. The summed E-state index contributed by atoms with van der Waals surface area (Å²) in [4.78, 5) is 35.1. The number of nitrogens with one attached hydrogen (secondary N) is 1. The van der Waals surface area contributed by atoms with E-state index in [1.165, 1.54) is 12.0 Å². The molecule has 1 N–H and O–H groups in total. The van der Waals surface area contributed by atoms with Crippen LogP contribution in [0, 0.1) is 0 Å². The zero-order valence-electron chi connectivity index (χ0n) is 18.4. The first-order valence-electron chi connectivity index (χ1n) is 10.8. The first-order chi connectivity index (χ1) is 16.6. The third-order valence-electron chi connectivity index (χ3n) is 5.92. The monoisotopic (exact) mass is 458 g/mol. The van der Waals surface area contributed by atoms with Crippen LogP contribution in [0.5, 0.6) is 5.75 Å². The number of hydrogen-bond donors (Lipinski definition) is 1. The summed E-state index contributed by atoms with van der Waals surface area (Å²) in [6.07, 6.45) is 9.25. The van der Waals surface area contributed by atoms with Crippen molar-refractivity contribution in [3.8, 4) is 5.75 Å². The summed E-state index contributed by atoms with van der Waals surface area (Å²) in [7, 11) is 1.51. The van der Waals surface area contributed by atoms with Crippen LogP contribution in [0.15, 0.2) is 83.3 Å². The fourth-order valence-corrected chi connectivity index (χ4v) is 4.32. The maximum atomic E-state index is 13.6. The number of nitrogens with zero attached hydrogens (tertiary/aromatic N) is 3. The molecule has 1 amide bonds. The zero-order valence-corrected chi connectivity index (χ0v) is 18.4. The minimum Gasteiger partial charge on any atom is -0.868 e. The smallest absolute Gasteiger partial charge is 0.241 e. The largest absolute Gasteiger partial charge is 0.868 e. The number of H-pyrrole nitrogens is 1. The van der Waals surface area contributed by atoms with Gasteiger partial charge in [0, 0.05) is 36.3 Å². The van der Waals surface area contributed by atoms with Crippen LogP contribution in [-0.2, 0) is 11.3 Å². The average molecular weight is 458 g/mol. The molecule has 1 aliphatic heterocycles. The lowest BCUT2D eigenvalue weighted by molar-refractivity contribution is -0.695. The van der Waals surface area contributed by atoms with E-state index >= 15 is 0 Å². The maximum absolute atomic E-state index is 13.6. The molecule has 1 unspecified atom stereocenters. The Morgan fingerprint density at radius 1 is 1.29 bits per heavy atom. The van der Waals surface area contributed by atoms with Gasteiger partial charge in [0.15, 0.2) is 17.1 Å². The van der Waals surface area contributed by atoms with E-state index in [4.69, 9.17) is 9.15 Å². The van der Waals surface area contributed by atoms with Crippen LogP contribution >= 0.6 is 0 Å². The van der Waals surface area contributed by atoms with Crippen molar-refractivity contribution in [1.82, 2.24) is 14.9 Å². The van der Waals surface area contributed by atoms with Crippen LogP contribution in [0.2, 0.25) is 0 Å². The van der Waals surface area contributed by atoms with Gasteiger partial charge in [-0.3, -0.25) is 19.6 Å². The van der Waals surface area contributed by atoms with Gasteiger partial charge in [0.1, 0.15) is 12.4 Å². The van der Waals surface area contributed by atoms with Crippen LogP contribution in [0.3, 0.4) is 0 Å². The molecular formula is C25H22N4O5. The lowest BCUT2D eigenvalue weighted by Gasteiger charge is -2.27. The number of para-hydroxylation sites is 1. The maximum Gasteiger partial charge on any atom is 0.241 e. The number of ketones is 1. The Morgan fingerprint density at radius 3 is 2.85 bits per heavy atom. The van der Waals surface area contributed by atoms with Crippen LogP contribution in [0.4, 0.5) is 0 Å². The Kier molecular flexibility index (Phi) is 5.59. The molecule has 172 valence electrons. The van der Waals surface area contributed by atoms with Gasteiger partial charge in [-0.05, 0) is 35.6 Å². The van der Waals surface area contributed by atoms with Gasteiger partial charge in [0.25, 0.3) is 0 Å². The molecule has 1 aromatic carbocycles. The van der Waals surface area contributed by atoms with E-state index < -0.39 is 23.5 Å². The number of benzene rings is 1. The van der Waals surface area contributed by atoms with E-state index in [2.05, 4.69) is 9.97 Å². The van der Waals surface area contributed by atoms with E-state index in [0.29, 0.717) is 41.8 Å². The first-order valence-corrected chi connectivity index (χ1v) is 10.8. The van der Waals surface area contributed by atoms with Gasteiger partial charge in [-0.2, -0.15) is 0 Å². The summed E-state index contributed by atoms with van der Waals surface area (Å²) in [5.74, 6) is -1.66. The molecule has 0 spiro atoms. The van der Waals surface area contributed by atoms with Gasteiger partial charge in [-0.25, -0.2) is 4.57 Å². The number of methoxy groups -OCH3 is 1. The van der Waals surface area contributed by atoms with E-state index in [1.807, 2.05) is 17.1 Å². The molecule has 34 heavy (non-hydrogen) atoms. The fourth-order valence-electron chi connectivity index (χ4n) is 4.32. The summed E-state index contributed by atoms with van der Waals surface area (Å²) < 4.78 is 13.1. The number of imidazole rings is 1. The van der Waals surface area contributed by atoms with E-state index in [9.17, 15) is 14.7 Å². The molecule has 0 radical (unpaired) electrons. The molecule has 1 aliphatic rings. The number of aromatic amines is 1. The molecule has 3 aromatic heterocycles. The third-order valence-corrected chi connectivity index (χ3v) is 5.92. The average Bonchev–Trinajstić information content (AvgIpc) is 3.59. The van der Waals surface area contributed by atoms with Gasteiger partial charge >= 0.3 is 0 Å². The molecule has 1 atom stereocenters. The number of Topliss-reactive ketones (excluding diaryl/α,β-unsaturated/α-hetero) is 1. The zero-order chi connectivity index (χ0) is 23.7. The molecule has 4 aromatic rings. The SMILES string of the molecule is COc1cccc2cc(C(=O)C3=C([O-])C(=O)N(CCC[n+]4cc[nH]c4)C3c3ccncc3)oc12. The number of hydrogen-bond acceptors (Lipinski definition) is 6. The van der Waals surface area contributed by atoms with Gasteiger partial charge in [-0.1, -0.05) is 12.1 Å². The van der Waals surface area contributed by atoms with E-state index in [0.717, 1.165) is 0 Å².